The number of aliphatic hydroxyl groups excluding tert-OH is 1. The van der Waals surface area contributed by atoms with Crippen molar-refractivity contribution in [3.05, 3.63) is 35.5 Å². The number of aromatic nitrogens is 2. The van der Waals surface area contributed by atoms with E-state index in [1.807, 2.05) is 0 Å². The largest absolute Gasteiger partial charge is 0.384 e. The van der Waals surface area contributed by atoms with E-state index in [1.165, 1.54) is 6.92 Å². The fourth-order valence-electron chi connectivity index (χ4n) is 1.21. The highest BCUT2D eigenvalue weighted by atomic mass is 19.2. The second kappa shape index (κ2) is 4.17. The van der Waals surface area contributed by atoms with Crippen molar-refractivity contribution >= 4 is 0 Å². The Balaban J connectivity index is 2.46. The van der Waals surface area contributed by atoms with E-state index in [2.05, 4.69) is 14.7 Å². The van der Waals surface area contributed by atoms with E-state index in [4.69, 9.17) is 5.11 Å². The van der Waals surface area contributed by atoms with Gasteiger partial charge < -0.3 is 9.63 Å². The summed E-state index contributed by atoms with van der Waals surface area (Å²) in [7, 11) is 0. The van der Waals surface area contributed by atoms with Crippen LogP contribution in [0.25, 0.3) is 11.4 Å². The fourth-order valence-corrected chi connectivity index (χ4v) is 1.21. The summed E-state index contributed by atoms with van der Waals surface area (Å²) in [5, 5.41) is 12.6. The Kier molecular flexibility index (Phi) is 2.84. The molecule has 1 aromatic carbocycles. The maximum Gasteiger partial charge on any atom is 0.255 e. The van der Waals surface area contributed by atoms with Crippen LogP contribution in [-0.4, -0.2) is 15.2 Å². The number of rotatable bonds is 2. The van der Waals surface area contributed by atoms with Crippen LogP contribution in [0.15, 0.2) is 16.7 Å². The van der Waals surface area contributed by atoms with Gasteiger partial charge in [0, 0.05) is 5.56 Å². The topological polar surface area (TPSA) is 59.2 Å². The zero-order valence-electron chi connectivity index (χ0n) is 8.62. The first kappa shape index (κ1) is 11.6. The summed E-state index contributed by atoms with van der Waals surface area (Å²) in [5.41, 5.74) is -0.0722. The molecule has 0 spiro atoms. The van der Waals surface area contributed by atoms with Crippen LogP contribution in [0.4, 0.5) is 13.2 Å². The lowest BCUT2D eigenvalue weighted by molar-refractivity contribution is 0.152. The minimum Gasteiger partial charge on any atom is -0.384 e. The van der Waals surface area contributed by atoms with Crippen LogP contribution in [0.1, 0.15) is 18.9 Å². The molecule has 0 aliphatic heterocycles. The maximum absolute atomic E-state index is 12.9. The quantitative estimate of drug-likeness (QED) is 0.823. The molecule has 1 aromatic heterocycles. The lowest BCUT2D eigenvalue weighted by atomic mass is 10.2. The van der Waals surface area contributed by atoms with E-state index in [-0.39, 0.29) is 17.3 Å². The van der Waals surface area contributed by atoms with Crippen molar-refractivity contribution in [2.45, 2.75) is 13.0 Å². The summed E-state index contributed by atoms with van der Waals surface area (Å²) >= 11 is 0. The van der Waals surface area contributed by atoms with Crippen LogP contribution in [0, 0.1) is 17.5 Å². The molecule has 0 radical (unpaired) electrons. The third-order valence-electron chi connectivity index (χ3n) is 2.04. The Labute approximate surface area is 93.7 Å². The average molecular weight is 244 g/mol. The third kappa shape index (κ3) is 2.14. The van der Waals surface area contributed by atoms with E-state index in [0.29, 0.717) is 0 Å². The zero-order chi connectivity index (χ0) is 12.6. The third-order valence-corrected chi connectivity index (χ3v) is 2.04. The Morgan fingerprint density at radius 1 is 1.24 bits per heavy atom. The van der Waals surface area contributed by atoms with Crippen molar-refractivity contribution in [2.75, 3.05) is 0 Å². The number of hydrogen-bond donors (Lipinski definition) is 1. The molecule has 2 rings (SSSR count). The SMILES string of the molecule is CC(O)c1nc(-c2cc(F)c(F)c(F)c2)no1. The van der Waals surface area contributed by atoms with Crippen LogP contribution in [0.2, 0.25) is 0 Å². The fraction of sp³-hybridized carbons (Fsp3) is 0.200. The molecule has 90 valence electrons. The minimum atomic E-state index is -1.56. The normalized spacial score (nSPS) is 12.8. The van der Waals surface area contributed by atoms with Crippen LogP contribution in [0.5, 0.6) is 0 Å². The first-order valence-corrected chi connectivity index (χ1v) is 4.65. The number of halogens is 3. The van der Waals surface area contributed by atoms with E-state index < -0.39 is 23.6 Å². The van der Waals surface area contributed by atoms with Gasteiger partial charge in [-0.3, -0.25) is 0 Å². The summed E-state index contributed by atoms with van der Waals surface area (Å²) in [5.74, 6) is -4.47. The van der Waals surface area contributed by atoms with Gasteiger partial charge in [-0.15, -0.1) is 0 Å². The van der Waals surface area contributed by atoms with Gasteiger partial charge in [0.1, 0.15) is 6.10 Å². The van der Waals surface area contributed by atoms with Crippen molar-refractivity contribution < 1.29 is 22.8 Å². The molecule has 17 heavy (non-hydrogen) atoms. The summed E-state index contributed by atoms with van der Waals surface area (Å²) in [4.78, 5) is 3.71. The highest BCUT2D eigenvalue weighted by Crippen LogP contribution is 2.22. The smallest absolute Gasteiger partial charge is 0.255 e. The van der Waals surface area contributed by atoms with Gasteiger partial charge in [0.15, 0.2) is 17.5 Å². The molecule has 0 bridgehead atoms. The Morgan fingerprint density at radius 3 is 2.29 bits per heavy atom. The molecule has 0 amide bonds. The monoisotopic (exact) mass is 244 g/mol. The number of benzene rings is 1. The van der Waals surface area contributed by atoms with Gasteiger partial charge in [-0.05, 0) is 19.1 Å². The lowest BCUT2D eigenvalue weighted by Crippen LogP contribution is -1.94. The van der Waals surface area contributed by atoms with Crippen molar-refractivity contribution in [1.82, 2.24) is 10.1 Å². The van der Waals surface area contributed by atoms with Crippen LogP contribution < -0.4 is 0 Å². The Bertz CT molecular complexity index is 531. The molecule has 1 atom stereocenters. The van der Waals surface area contributed by atoms with Crippen LogP contribution >= 0.6 is 0 Å². The molecule has 1 heterocycles. The molecule has 4 nitrogen and oxygen atoms in total. The van der Waals surface area contributed by atoms with E-state index in [9.17, 15) is 13.2 Å². The second-order valence-corrected chi connectivity index (χ2v) is 3.39. The highest BCUT2D eigenvalue weighted by molar-refractivity contribution is 5.54. The summed E-state index contributed by atoms with van der Waals surface area (Å²) < 4.78 is 43.2. The summed E-state index contributed by atoms with van der Waals surface area (Å²) in [6.45, 7) is 1.39. The predicted molar refractivity (Wildman–Crippen MR) is 50.2 cm³/mol. The molecular weight excluding hydrogens is 237 g/mol. The van der Waals surface area contributed by atoms with Gasteiger partial charge in [-0.1, -0.05) is 5.16 Å². The molecule has 0 fully saturated rings. The van der Waals surface area contributed by atoms with Crippen LogP contribution in [-0.2, 0) is 0 Å². The molecular formula is C10H7F3N2O2. The lowest BCUT2D eigenvalue weighted by Gasteiger charge is -1.98. The minimum absolute atomic E-state index is 0.0722. The number of hydrogen-bond acceptors (Lipinski definition) is 4. The van der Waals surface area contributed by atoms with Crippen molar-refractivity contribution in [3.8, 4) is 11.4 Å². The van der Waals surface area contributed by atoms with Gasteiger partial charge in [-0.25, -0.2) is 13.2 Å². The molecule has 0 aliphatic carbocycles. The molecule has 0 saturated heterocycles. The molecule has 7 heteroatoms. The molecule has 0 aliphatic rings. The average Bonchev–Trinajstić information content (AvgIpc) is 2.74. The highest BCUT2D eigenvalue weighted by Gasteiger charge is 2.17. The van der Waals surface area contributed by atoms with E-state index >= 15 is 0 Å². The van der Waals surface area contributed by atoms with Crippen molar-refractivity contribution in [3.63, 3.8) is 0 Å². The molecule has 1 N–H and O–H groups in total. The Hall–Kier alpha value is -1.89. The molecule has 2 aromatic rings. The van der Waals surface area contributed by atoms with Gasteiger partial charge in [0.25, 0.3) is 5.89 Å². The van der Waals surface area contributed by atoms with Gasteiger partial charge in [-0.2, -0.15) is 4.98 Å². The summed E-state index contributed by atoms with van der Waals surface area (Å²) in [6, 6.07) is 1.49. The standard InChI is InChI=1S/C10H7F3N2O2/c1-4(16)10-14-9(15-17-10)5-2-6(11)8(13)7(12)3-5/h2-4,16H,1H3. The summed E-state index contributed by atoms with van der Waals surface area (Å²) in [6.07, 6.45) is -0.994. The van der Waals surface area contributed by atoms with E-state index in [0.717, 1.165) is 12.1 Å². The predicted octanol–water partition coefficient (Wildman–Crippen LogP) is 2.21. The van der Waals surface area contributed by atoms with E-state index in [1.54, 1.807) is 0 Å². The molecule has 1 unspecified atom stereocenters. The maximum atomic E-state index is 12.9. The first-order chi connectivity index (χ1) is 7.99. The van der Waals surface area contributed by atoms with Gasteiger partial charge in [0.05, 0.1) is 0 Å². The Morgan fingerprint density at radius 2 is 1.82 bits per heavy atom. The van der Waals surface area contributed by atoms with Crippen LogP contribution in [0.3, 0.4) is 0 Å². The number of aliphatic hydroxyl groups is 1. The first-order valence-electron chi connectivity index (χ1n) is 4.65. The zero-order valence-corrected chi connectivity index (χ0v) is 8.62. The van der Waals surface area contributed by atoms with Gasteiger partial charge >= 0.3 is 0 Å². The van der Waals surface area contributed by atoms with Crippen molar-refractivity contribution in [2.24, 2.45) is 0 Å². The number of nitrogens with zero attached hydrogens (tertiary/aromatic N) is 2. The molecule has 0 saturated carbocycles. The van der Waals surface area contributed by atoms with Gasteiger partial charge in [0.2, 0.25) is 5.82 Å². The van der Waals surface area contributed by atoms with Crippen molar-refractivity contribution in [1.29, 1.82) is 0 Å². The second-order valence-electron chi connectivity index (χ2n) is 3.39.